The molecule has 0 radical (unpaired) electrons. The van der Waals surface area contributed by atoms with Crippen LogP contribution in [0.25, 0.3) is 0 Å². The van der Waals surface area contributed by atoms with E-state index in [9.17, 15) is 4.57 Å². The molecule has 0 saturated heterocycles. The van der Waals surface area contributed by atoms with E-state index in [4.69, 9.17) is 4.89 Å². The zero-order valence-electron chi connectivity index (χ0n) is 8.51. The highest BCUT2D eigenvalue weighted by Crippen LogP contribution is 2.09. The zero-order chi connectivity index (χ0) is 11.0. The first-order valence-electron chi connectivity index (χ1n) is 4.10. The lowest BCUT2D eigenvalue weighted by atomic mass is 10.6. The molecule has 6 heteroatoms. The summed E-state index contributed by atoms with van der Waals surface area (Å²) in [4.78, 5) is 12.0. The summed E-state index contributed by atoms with van der Waals surface area (Å²) >= 11 is 0. The highest BCUT2D eigenvalue weighted by atomic mass is 31.1. The van der Waals surface area contributed by atoms with E-state index in [2.05, 4.69) is 40.4 Å². The van der Waals surface area contributed by atoms with Crippen LogP contribution in [0.15, 0.2) is 25.1 Å². The van der Waals surface area contributed by atoms with Crippen molar-refractivity contribution in [1.29, 1.82) is 0 Å². The lowest BCUT2D eigenvalue weighted by molar-refractivity contribution is 0.318. The number of hydrogen-bond donors (Lipinski definition) is 1. The van der Waals surface area contributed by atoms with Gasteiger partial charge < -0.3 is 19.2 Å². The first kappa shape index (κ1) is 13.2. The van der Waals surface area contributed by atoms with Crippen LogP contribution in [-0.4, -0.2) is 42.1 Å². The van der Waals surface area contributed by atoms with Gasteiger partial charge in [0.05, 0.1) is 6.67 Å². The van der Waals surface area contributed by atoms with Gasteiger partial charge in [-0.05, 0) is 0 Å². The Morgan fingerprint density at radius 2 is 2.29 bits per heavy atom. The average molecular weight is 220 g/mol. The summed E-state index contributed by atoms with van der Waals surface area (Å²) in [5.41, 5.74) is 0. The minimum atomic E-state index is -2.62. The van der Waals surface area contributed by atoms with Crippen molar-refractivity contribution in [2.75, 3.05) is 27.4 Å². The lowest BCUT2D eigenvalue weighted by Crippen LogP contribution is -2.21. The van der Waals surface area contributed by atoms with Gasteiger partial charge in [-0.2, -0.15) is 0 Å². The Balaban J connectivity index is 0.000000292. The first-order chi connectivity index (χ1) is 6.60. The Morgan fingerprint density at radius 1 is 1.71 bits per heavy atom. The van der Waals surface area contributed by atoms with Crippen molar-refractivity contribution >= 4 is 8.25 Å². The summed E-state index contributed by atoms with van der Waals surface area (Å²) in [5, 5.41) is 0. The normalized spacial score (nSPS) is 16.2. The Bertz CT molecular complexity index is 221. The summed E-state index contributed by atoms with van der Waals surface area (Å²) in [6.07, 6.45) is 6.04. The molecule has 1 atom stereocenters. The Labute approximate surface area is 85.2 Å². The van der Waals surface area contributed by atoms with Crippen LogP contribution >= 0.6 is 8.25 Å². The maximum atomic E-state index is 9.33. The molecule has 5 nitrogen and oxygen atoms in total. The summed E-state index contributed by atoms with van der Waals surface area (Å²) in [6, 6.07) is 0. The molecule has 0 aliphatic carbocycles. The second-order valence-corrected chi connectivity index (χ2v) is 3.67. The maximum absolute atomic E-state index is 9.33. The van der Waals surface area contributed by atoms with Gasteiger partial charge in [0.2, 0.25) is 0 Å². The van der Waals surface area contributed by atoms with Gasteiger partial charge in [-0.1, -0.05) is 6.08 Å². The predicted octanol–water partition coefficient (Wildman–Crippen LogP) is 0.863. The van der Waals surface area contributed by atoms with E-state index in [1.54, 1.807) is 0 Å². The van der Waals surface area contributed by atoms with E-state index < -0.39 is 8.25 Å². The van der Waals surface area contributed by atoms with Crippen LogP contribution < -0.4 is 0 Å². The van der Waals surface area contributed by atoms with Gasteiger partial charge in [0.25, 0.3) is 0 Å². The molecule has 82 valence electrons. The molecule has 0 aromatic carbocycles. The standard InChI is InChI=1S/C7H12N2.CH5O3P/c1-3-4-9-6-5-8(2)7-9;1-4-5(2)3/h3,5-6H,1,4,7H2,2H3;5H,1H3,(H,2,3). The molecule has 1 heterocycles. The van der Waals surface area contributed by atoms with Crippen molar-refractivity contribution in [2.45, 2.75) is 0 Å². The van der Waals surface area contributed by atoms with Crippen molar-refractivity contribution in [3.05, 3.63) is 25.1 Å². The molecular weight excluding hydrogens is 203 g/mol. The van der Waals surface area contributed by atoms with Crippen LogP contribution in [0.1, 0.15) is 0 Å². The molecule has 1 aliphatic heterocycles. The van der Waals surface area contributed by atoms with Crippen LogP contribution in [-0.2, 0) is 9.09 Å². The van der Waals surface area contributed by atoms with Gasteiger partial charge in [0, 0.05) is 33.1 Å². The predicted molar refractivity (Wildman–Crippen MR) is 56.9 cm³/mol. The quantitative estimate of drug-likeness (QED) is 0.564. The maximum Gasteiger partial charge on any atom is 0.316 e. The Kier molecular flexibility index (Phi) is 7.20. The van der Waals surface area contributed by atoms with Gasteiger partial charge in [0.15, 0.2) is 0 Å². The molecule has 1 unspecified atom stereocenters. The third kappa shape index (κ3) is 6.71. The second-order valence-electron chi connectivity index (χ2n) is 2.73. The number of nitrogens with zero attached hydrogens (tertiary/aromatic N) is 2. The van der Waals surface area contributed by atoms with E-state index in [0.29, 0.717) is 0 Å². The second kappa shape index (κ2) is 7.62. The fourth-order valence-corrected chi connectivity index (χ4v) is 0.873. The van der Waals surface area contributed by atoms with Crippen molar-refractivity contribution in [3.8, 4) is 0 Å². The molecular formula is C8H17N2O3P. The van der Waals surface area contributed by atoms with E-state index in [-0.39, 0.29) is 0 Å². The van der Waals surface area contributed by atoms with E-state index in [1.165, 1.54) is 7.11 Å². The molecule has 1 rings (SSSR count). The molecule has 0 fully saturated rings. The molecule has 0 saturated carbocycles. The smallest absolute Gasteiger partial charge is 0.316 e. The van der Waals surface area contributed by atoms with Crippen LogP contribution in [0.2, 0.25) is 0 Å². The van der Waals surface area contributed by atoms with Gasteiger partial charge in [-0.25, -0.2) is 0 Å². The van der Waals surface area contributed by atoms with Gasteiger partial charge in [-0.3, -0.25) is 4.57 Å². The SMILES string of the molecule is C=CCN1C=CN(C)C1.CO[PH](=O)O. The third-order valence-electron chi connectivity index (χ3n) is 1.47. The van der Waals surface area contributed by atoms with Gasteiger partial charge >= 0.3 is 8.25 Å². The van der Waals surface area contributed by atoms with E-state index in [1.807, 2.05) is 6.08 Å². The average Bonchev–Trinajstić information content (AvgIpc) is 2.53. The monoisotopic (exact) mass is 220 g/mol. The van der Waals surface area contributed by atoms with Crippen LogP contribution in [0.5, 0.6) is 0 Å². The summed E-state index contributed by atoms with van der Waals surface area (Å²) in [5.74, 6) is 0. The van der Waals surface area contributed by atoms with Gasteiger partial charge in [-0.15, -0.1) is 6.58 Å². The topological polar surface area (TPSA) is 53.0 Å². The van der Waals surface area contributed by atoms with Crippen molar-refractivity contribution in [1.82, 2.24) is 9.80 Å². The van der Waals surface area contributed by atoms with Crippen LogP contribution in [0.4, 0.5) is 0 Å². The summed E-state index contributed by atoms with van der Waals surface area (Å²) < 4.78 is 13.2. The summed E-state index contributed by atoms with van der Waals surface area (Å²) in [7, 11) is 0.613. The zero-order valence-corrected chi connectivity index (χ0v) is 9.51. The molecule has 0 amide bonds. The third-order valence-corrected chi connectivity index (χ3v) is 1.82. The molecule has 14 heavy (non-hydrogen) atoms. The van der Waals surface area contributed by atoms with Crippen molar-refractivity contribution < 1.29 is 14.0 Å². The van der Waals surface area contributed by atoms with Crippen LogP contribution in [0, 0.1) is 0 Å². The molecule has 1 N–H and O–H groups in total. The first-order valence-corrected chi connectivity index (χ1v) is 5.37. The molecule has 0 aromatic heterocycles. The minimum Gasteiger partial charge on any atom is -0.362 e. The largest absolute Gasteiger partial charge is 0.362 e. The minimum absolute atomic E-state index is 0.945. The Hall–Kier alpha value is -0.770. The fourth-order valence-electron chi connectivity index (χ4n) is 0.873. The molecule has 0 bridgehead atoms. The van der Waals surface area contributed by atoms with Crippen molar-refractivity contribution in [2.24, 2.45) is 0 Å². The van der Waals surface area contributed by atoms with Crippen LogP contribution in [0.3, 0.4) is 0 Å². The molecule has 0 aromatic rings. The van der Waals surface area contributed by atoms with Crippen molar-refractivity contribution in [3.63, 3.8) is 0 Å². The molecule has 1 aliphatic rings. The highest BCUT2D eigenvalue weighted by molar-refractivity contribution is 7.32. The van der Waals surface area contributed by atoms with E-state index >= 15 is 0 Å². The molecule has 0 spiro atoms. The highest BCUT2D eigenvalue weighted by Gasteiger charge is 2.04. The van der Waals surface area contributed by atoms with E-state index in [0.717, 1.165) is 13.2 Å². The number of rotatable bonds is 3. The Morgan fingerprint density at radius 3 is 2.57 bits per heavy atom. The fraction of sp³-hybridized carbons (Fsp3) is 0.500. The number of hydrogen-bond acceptors (Lipinski definition) is 4. The summed E-state index contributed by atoms with van der Waals surface area (Å²) in [6.45, 7) is 5.59. The lowest BCUT2D eigenvalue weighted by Gasteiger charge is -2.15. The van der Waals surface area contributed by atoms with Gasteiger partial charge in [0.1, 0.15) is 0 Å².